The largest absolute Gasteiger partial charge is 0.456 e. The van der Waals surface area contributed by atoms with Crippen molar-refractivity contribution in [1.29, 1.82) is 0 Å². The lowest BCUT2D eigenvalue weighted by Gasteiger charge is -2.38. The first kappa shape index (κ1) is 20.6. The average molecular weight is 490 g/mol. The summed E-state index contributed by atoms with van der Waals surface area (Å²) in [4.78, 5) is 4.31. The highest BCUT2D eigenvalue weighted by Crippen LogP contribution is 2.59. The highest BCUT2D eigenvalue weighted by atomic mass is 32.4. The van der Waals surface area contributed by atoms with Gasteiger partial charge in [-0.25, -0.2) is 0 Å². The van der Waals surface area contributed by atoms with Gasteiger partial charge in [-0.2, -0.15) is 0 Å². The number of pyridine rings is 1. The monoisotopic (exact) mass is 489 g/mol. The van der Waals surface area contributed by atoms with Crippen LogP contribution in [0.4, 0.5) is 0 Å². The van der Waals surface area contributed by atoms with Gasteiger partial charge in [0.25, 0.3) is 0 Å². The molecule has 0 radical (unpaired) electrons. The molecule has 35 heavy (non-hydrogen) atoms. The van der Waals surface area contributed by atoms with Gasteiger partial charge in [-0.05, 0) is 72.1 Å². The van der Waals surface area contributed by atoms with Crippen molar-refractivity contribution < 1.29 is 9.47 Å². The Balaban J connectivity index is 1.43. The molecule has 2 aliphatic rings. The summed E-state index contributed by atoms with van der Waals surface area (Å²) in [5, 5.41) is 3.18. The number of benzene rings is 4. The van der Waals surface area contributed by atoms with E-state index in [1.54, 1.807) is 0 Å². The van der Waals surface area contributed by atoms with E-state index < -0.39 is 6.04 Å². The second kappa shape index (κ2) is 7.64. The molecule has 5 heteroatoms. The number of aromatic nitrogens is 1. The first-order valence-corrected chi connectivity index (χ1v) is 14.3. The molecule has 0 spiro atoms. The number of ether oxygens (including phenoxy) is 2. The lowest BCUT2D eigenvalue weighted by molar-refractivity contribution is 0.467. The lowest BCUT2D eigenvalue weighted by atomic mass is 9.99. The summed E-state index contributed by atoms with van der Waals surface area (Å²) in [7, 11) is 0. The Labute approximate surface area is 209 Å². The van der Waals surface area contributed by atoms with Gasteiger partial charge >= 0.3 is 0 Å². The number of nitrogens with zero attached hydrogens (tertiary/aromatic N) is 1. The summed E-state index contributed by atoms with van der Waals surface area (Å²) in [6.45, 7) is 2.01. The predicted octanol–water partition coefficient (Wildman–Crippen LogP) is 6.69. The number of hydrogen-bond donors (Lipinski definition) is 0. The van der Waals surface area contributed by atoms with Crippen molar-refractivity contribution in [2.45, 2.75) is 6.92 Å². The molecule has 1 unspecified atom stereocenters. The van der Waals surface area contributed by atoms with Crippen LogP contribution in [0.1, 0.15) is 5.69 Å². The van der Waals surface area contributed by atoms with E-state index in [2.05, 4.69) is 53.5 Å². The molecule has 0 N–H and O–H groups in total. The molecule has 0 saturated carbocycles. The van der Waals surface area contributed by atoms with Crippen LogP contribution in [0.5, 0.6) is 23.0 Å². The summed E-state index contributed by atoms with van der Waals surface area (Å²) in [5.74, 6) is 3.29. The summed E-state index contributed by atoms with van der Waals surface area (Å²) in [6.07, 6.45) is 1.85. The van der Waals surface area contributed by atoms with Gasteiger partial charge in [0, 0.05) is 28.1 Å². The molecule has 1 aromatic heterocycles. The molecule has 5 aromatic rings. The van der Waals surface area contributed by atoms with E-state index in [9.17, 15) is 0 Å². The molecule has 0 amide bonds. The smallest absolute Gasteiger partial charge is 0.148 e. The lowest BCUT2D eigenvalue weighted by Crippen LogP contribution is -2.35. The first-order chi connectivity index (χ1) is 17.1. The molecule has 0 fully saturated rings. The minimum absolute atomic E-state index is 0.796. The third-order valence-electron chi connectivity index (χ3n) is 6.68. The fourth-order valence-corrected chi connectivity index (χ4v) is 9.54. The van der Waals surface area contributed by atoms with Crippen LogP contribution in [-0.4, -0.2) is 4.98 Å². The molecular weight excluding hydrogens is 469 g/mol. The van der Waals surface area contributed by atoms with Gasteiger partial charge in [0.05, 0.1) is 11.3 Å². The number of rotatable bonds is 2. The highest BCUT2D eigenvalue weighted by Gasteiger charge is 2.43. The van der Waals surface area contributed by atoms with E-state index in [1.807, 2.05) is 61.7 Å². The fraction of sp³-hybridized carbons (Fsp3) is 0.0333. The van der Waals surface area contributed by atoms with Gasteiger partial charge in [-0.1, -0.05) is 60.3 Å². The zero-order valence-corrected chi connectivity index (χ0v) is 20.6. The van der Waals surface area contributed by atoms with Crippen LogP contribution in [0, 0.1) is 6.92 Å². The minimum atomic E-state index is -2.35. The van der Waals surface area contributed by atoms with Crippen molar-refractivity contribution >= 4 is 33.8 Å². The topological polar surface area (TPSA) is 31.4 Å². The Morgan fingerprint density at radius 2 is 1.31 bits per heavy atom. The molecule has 3 nitrogen and oxygen atoms in total. The summed E-state index contributed by atoms with van der Waals surface area (Å²) in [5.41, 5.74) is 5.41. The fourth-order valence-electron chi connectivity index (χ4n) is 5.04. The van der Waals surface area contributed by atoms with Crippen LogP contribution in [0.15, 0.2) is 103 Å². The van der Waals surface area contributed by atoms with E-state index in [4.69, 9.17) is 21.3 Å². The van der Waals surface area contributed by atoms with Crippen molar-refractivity contribution in [2.24, 2.45) is 0 Å². The van der Waals surface area contributed by atoms with Crippen molar-refractivity contribution in [3.63, 3.8) is 0 Å². The maximum Gasteiger partial charge on any atom is 0.148 e. The molecule has 7 rings (SSSR count). The van der Waals surface area contributed by atoms with E-state index >= 15 is 0 Å². The van der Waals surface area contributed by atoms with E-state index in [1.165, 1.54) is 0 Å². The third kappa shape index (κ3) is 3.04. The van der Waals surface area contributed by atoms with Gasteiger partial charge < -0.3 is 9.47 Å². The molecule has 168 valence electrons. The zero-order chi connectivity index (χ0) is 23.6. The van der Waals surface area contributed by atoms with Crippen LogP contribution in [-0.2, 0) is 11.8 Å². The van der Waals surface area contributed by atoms with Gasteiger partial charge in [0.1, 0.15) is 23.0 Å². The quantitative estimate of drug-likeness (QED) is 0.253. The normalized spacial score (nSPS) is 16.8. The van der Waals surface area contributed by atoms with Gasteiger partial charge in [-0.15, -0.1) is 0 Å². The Hall–Kier alpha value is -3.72. The van der Waals surface area contributed by atoms with Crippen LogP contribution in [0.25, 0.3) is 22.3 Å². The zero-order valence-electron chi connectivity index (χ0n) is 18.9. The van der Waals surface area contributed by atoms with Gasteiger partial charge in [0.15, 0.2) is 0 Å². The predicted molar refractivity (Wildman–Crippen MR) is 146 cm³/mol. The highest BCUT2D eigenvalue weighted by molar-refractivity contribution is 8.26. The van der Waals surface area contributed by atoms with Crippen molar-refractivity contribution in [3.8, 4) is 45.3 Å². The molecule has 2 aliphatic heterocycles. The van der Waals surface area contributed by atoms with Crippen molar-refractivity contribution in [3.05, 3.63) is 109 Å². The standard InChI is InChI=1S/C30H20NO2PS/c1-19-18-22(16-17-31-19)20-10-12-21(13-11-20)23-14-15-26-30-29(23)33-25-7-3-5-9-28(25)34(30,35)27-8-4-2-6-24(27)32-26/h2-18H,1H3. The molecule has 3 heterocycles. The second-order valence-electron chi connectivity index (χ2n) is 8.80. The van der Waals surface area contributed by atoms with E-state index in [-0.39, 0.29) is 0 Å². The summed E-state index contributed by atoms with van der Waals surface area (Å²) < 4.78 is 13.0. The van der Waals surface area contributed by atoms with E-state index in [0.717, 1.165) is 66.9 Å². The van der Waals surface area contributed by atoms with Crippen molar-refractivity contribution in [1.82, 2.24) is 4.98 Å². The Morgan fingerprint density at radius 3 is 2.03 bits per heavy atom. The van der Waals surface area contributed by atoms with Crippen molar-refractivity contribution in [2.75, 3.05) is 0 Å². The molecule has 0 bridgehead atoms. The number of hydrogen-bond acceptors (Lipinski definition) is 4. The number of para-hydroxylation sites is 2. The SMILES string of the molecule is Cc1cc(-c2ccc(-c3ccc4c5c3Oc3ccccc3P5(=S)c3ccccc3O4)cc2)ccn1. The molecular formula is C30H20NO2PS. The van der Waals surface area contributed by atoms with Crippen LogP contribution < -0.4 is 25.4 Å². The maximum atomic E-state index is 6.61. The minimum Gasteiger partial charge on any atom is -0.456 e. The van der Waals surface area contributed by atoms with E-state index in [0.29, 0.717) is 0 Å². The molecule has 0 aliphatic carbocycles. The number of aryl methyl sites for hydroxylation is 1. The summed E-state index contributed by atoms with van der Waals surface area (Å²) >= 11 is 6.61. The van der Waals surface area contributed by atoms with Crippen LogP contribution in [0.3, 0.4) is 0 Å². The van der Waals surface area contributed by atoms with Crippen LogP contribution >= 0.6 is 6.04 Å². The van der Waals surface area contributed by atoms with Gasteiger partial charge in [0.2, 0.25) is 0 Å². The van der Waals surface area contributed by atoms with Crippen LogP contribution in [0.2, 0.25) is 0 Å². The number of fused-ring (bicyclic) bond motifs is 4. The Kier molecular flexibility index (Phi) is 4.51. The molecule has 1 atom stereocenters. The summed E-state index contributed by atoms with van der Waals surface area (Å²) in [6, 6.07) is 30.9. The third-order valence-corrected chi connectivity index (χ3v) is 11.6. The molecule has 0 saturated heterocycles. The second-order valence-corrected chi connectivity index (χ2v) is 13.1. The first-order valence-electron chi connectivity index (χ1n) is 11.5. The maximum absolute atomic E-state index is 6.61. The average Bonchev–Trinajstić information content (AvgIpc) is 2.89. The Morgan fingerprint density at radius 1 is 0.657 bits per heavy atom. The van der Waals surface area contributed by atoms with Gasteiger partial charge in [-0.3, -0.25) is 4.98 Å². The Bertz CT molecular complexity index is 1680. The molecule has 4 aromatic carbocycles.